The lowest BCUT2D eigenvalue weighted by atomic mass is 10.1. The van der Waals surface area contributed by atoms with Crippen molar-refractivity contribution in [2.75, 3.05) is 0 Å². The lowest BCUT2D eigenvalue weighted by Gasteiger charge is -2.05. The molecular weight excluding hydrogens is 329 g/mol. The van der Waals surface area contributed by atoms with E-state index in [2.05, 4.69) is 29.4 Å². The first-order valence-corrected chi connectivity index (χ1v) is 8.72. The molecule has 5 heteroatoms. The highest BCUT2D eigenvalue weighted by Gasteiger charge is 2.22. The summed E-state index contributed by atoms with van der Waals surface area (Å²) < 4.78 is 14.6. The number of aryl methyl sites for hydroxylation is 1. The normalized spacial score (nSPS) is 14.7. The van der Waals surface area contributed by atoms with Crippen LogP contribution in [0.2, 0.25) is 0 Å². The quantitative estimate of drug-likeness (QED) is 0.722. The lowest BCUT2D eigenvalue weighted by Crippen LogP contribution is -2.20. The van der Waals surface area contributed by atoms with Gasteiger partial charge in [-0.3, -0.25) is 14.9 Å². The van der Waals surface area contributed by atoms with E-state index in [1.165, 1.54) is 27.9 Å². The summed E-state index contributed by atoms with van der Waals surface area (Å²) in [4.78, 5) is 17.7. The summed E-state index contributed by atoms with van der Waals surface area (Å²) in [6.07, 6.45) is 1.81. The molecule has 0 bridgehead atoms. The van der Waals surface area contributed by atoms with E-state index < -0.39 is 0 Å². The van der Waals surface area contributed by atoms with Crippen molar-refractivity contribution in [3.63, 3.8) is 0 Å². The van der Waals surface area contributed by atoms with Gasteiger partial charge in [-0.25, -0.2) is 9.07 Å². The number of aromatic amines is 1. The van der Waals surface area contributed by atoms with Gasteiger partial charge in [0.25, 0.3) is 5.56 Å². The maximum atomic E-state index is 13.1. The van der Waals surface area contributed by atoms with Crippen molar-refractivity contribution < 1.29 is 4.39 Å². The molecule has 0 fully saturated rings. The molecule has 3 aromatic rings. The van der Waals surface area contributed by atoms with E-state index >= 15 is 0 Å². The second-order valence-corrected chi connectivity index (χ2v) is 6.77. The summed E-state index contributed by atoms with van der Waals surface area (Å²) in [6, 6.07) is 14.4. The Kier molecular flexibility index (Phi) is 4.07. The first-order valence-electron chi connectivity index (χ1n) is 8.72. The number of benzene rings is 2. The van der Waals surface area contributed by atoms with E-state index in [0.717, 1.165) is 24.2 Å². The average molecular weight is 349 g/mol. The molecule has 1 aliphatic rings. The molecular formula is C21H20FN3O. The maximum absolute atomic E-state index is 13.1. The molecule has 0 saturated heterocycles. The van der Waals surface area contributed by atoms with Crippen LogP contribution in [0, 0.1) is 12.7 Å². The third-order valence-electron chi connectivity index (χ3n) is 4.92. The van der Waals surface area contributed by atoms with Crippen molar-refractivity contribution in [3.8, 4) is 5.69 Å². The SMILES string of the molecule is CC(=NC1Cc2ccccc2C1)c1c(C)[nH]n(-c2ccc(F)cc2)c1=O. The minimum Gasteiger partial charge on any atom is -0.295 e. The highest BCUT2D eigenvalue weighted by Crippen LogP contribution is 2.24. The molecule has 0 radical (unpaired) electrons. The van der Waals surface area contributed by atoms with Crippen LogP contribution >= 0.6 is 0 Å². The number of H-pyrrole nitrogens is 1. The molecule has 4 rings (SSSR count). The fraction of sp³-hybridized carbons (Fsp3) is 0.238. The van der Waals surface area contributed by atoms with Gasteiger partial charge in [-0.15, -0.1) is 0 Å². The molecule has 1 aromatic heterocycles. The largest absolute Gasteiger partial charge is 0.295 e. The zero-order valence-corrected chi connectivity index (χ0v) is 14.8. The van der Waals surface area contributed by atoms with Crippen molar-refractivity contribution in [2.24, 2.45) is 4.99 Å². The van der Waals surface area contributed by atoms with Gasteiger partial charge in [0.05, 0.1) is 17.3 Å². The van der Waals surface area contributed by atoms with E-state index in [1.807, 2.05) is 13.8 Å². The van der Waals surface area contributed by atoms with Gasteiger partial charge in [0.2, 0.25) is 0 Å². The molecule has 0 aliphatic heterocycles. The number of nitrogens with zero attached hydrogens (tertiary/aromatic N) is 2. The van der Waals surface area contributed by atoms with Crippen LogP contribution in [0.3, 0.4) is 0 Å². The Balaban J connectivity index is 1.66. The Bertz CT molecular complexity index is 1020. The number of aromatic nitrogens is 2. The average Bonchev–Trinajstić information content (AvgIpc) is 3.15. The van der Waals surface area contributed by atoms with E-state index in [0.29, 0.717) is 11.3 Å². The summed E-state index contributed by atoms with van der Waals surface area (Å²) in [5.74, 6) is -0.330. The minimum atomic E-state index is -0.330. The van der Waals surface area contributed by atoms with Crippen molar-refractivity contribution >= 4 is 5.71 Å². The molecule has 0 saturated carbocycles. The van der Waals surface area contributed by atoms with Crippen molar-refractivity contribution in [1.29, 1.82) is 0 Å². The van der Waals surface area contributed by atoms with Crippen LogP contribution in [0.25, 0.3) is 5.69 Å². The number of halogens is 1. The Morgan fingerprint density at radius 3 is 2.35 bits per heavy atom. The van der Waals surface area contributed by atoms with Gasteiger partial charge in [-0.05, 0) is 62.1 Å². The molecule has 2 aromatic carbocycles. The molecule has 1 N–H and O–H groups in total. The van der Waals surface area contributed by atoms with Gasteiger partial charge < -0.3 is 0 Å². The number of aliphatic imine (C=N–C) groups is 1. The van der Waals surface area contributed by atoms with Gasteiger partial charge in [0.1, 0.15) is 5.82 Å². The van der Waals surface area contributed by atoms with E-state index in [1.54, 1.807) is 12.1 Å². The van der Waals surface area contributed by atoms with Gasteiger partial charge in [-0.1, -0.05) is 24.3 Å². The summed E-state index contributed by atoms with van der Waals surface area (Å²) >= 11 is 0. The first kappa shape index (κ1) is 16.5. The first-order chi connectivity index (χ1) is 12.5. The molecule has 0 amide bonds. The van der Waals surface area contributed by atoms with E-state index in [-0.39, 0.29) is 17.4 Å². The summed E-state index contributed by atoms with van der Waals surface area (Å²) in [5.41, 5.74) is 5.20. The predicted octanol–water partition coefficient (Wildman–Crippen LogP) is 3.59. The summed E-state index contributed by atoms with van der Waals surface area (Å²) in [6.45, 7) is 3.74. The molecule has 0 unspecified atom stereocenters. The number of fused-ring (bicyclic) bond motifs is 1. The monoisotopic (exact) mass is 349 g/mol. The summed E-state index contributed by atoms with van der Waals surface area (Å²) in [5, 5.41) is 3.07. The smallest absolute Gasteiger partial charge is 0.280 e. The fourth-order valence-electron chi connectivity index (χ4n) is 3.71. The Morgan fingerprint density at radius 1 is 1.12 bits per heavy atom. The number of hydrogen-bond donors (Lipinski definition) is 1. The van der Waals surface area contributed by atoms with Crippen molar-refractivity contribution in [1.82, 2.24) is 9.78 Å². The molecule has 0 atom stereocenters. The third kappa shape index (κ3) is 2.90. The lowest BCUT2D eigenvalue weighted by molar-refractivity contribution is 0.627. The Hall–Kier alpha value is -2.95. The van der Waals surface area contributed by atoms with Crippen LogP contribution in [-0.2, 0) is 12.8 Å². The van der Waals surface area contributed by atoms with Crippen molar-refractivity contribution in [3.05, 3.63) is 87.1 Å². The van der Waals surface area contributed by atoms with Crippen LogP contribution in [0.1, 0.15) is 29.3 Å². The van der Waals surface area contributed by atoms with Crippen LogP contribution in [-0.4, -0.2) is 21.5 Å². The van der Waals surface area contributed by atoms with Crippen LogP contribution in [0.4, 0.5) is 4.39 Å². The molecule has 132 valence electrons. The standard InChI is InChI=1S/C21H20FN3O/c1-13(23-18-11-15-5-3-4-6-16(15)12-18)20-14(2)24-25(21(20)26)19-9-7-17(22)8-10-19/h3-10,18,24H,11-12H2,1-2H3. The molecule has 4 nitrogen and oxygen atoms in total. The minimum absolute atomic E-state index is 0.161. The zero-order valence-electron chi connectivity index (χ0n) is 14.8. The van der Waals surface area contributed by atoms with E-state index in [9.17, 15) is 9.18 Å². The fourth-order valence-corrected chi connectivity index (χ4v) is 3.71. The summed E-state index contributed by atoms with van der Waals surface area (Å²) in [7, 11) is 0. The predicted molar refractivity (Wildman–Crippen MR) is 101 cm³/mol. The molecule has 0 spiro atoms. The second-order valence-electron chi connectivity index (χ2n) is 6.77. The molecule has 1 aliphatic carbocycles. The van der Waals surface area contributed by atoms with Gasteiger partial charge in [-0.2, -0.15) is 0 Å². The van der Waals surface area contributed by atoms with Crippen LogP contribution in [0.5, 0.6) is 0 Å². The maximum Gasteiger partial charge on any atom is 0.280 e. The molecule has 1 heterocycles. The highest BCUT2D eigenvalue weighted by molar-refractivity contribution is 5.99. The van der Waals surface area contributed by atoms with Crippen LogP contribution < -0.4 is 5.56 Å². The van der Waals surface area contributed by atoms with Gasteiger partial charge >= 0.3 is 0 Å². The Labute approximate surface area is 151 Å². The van der Waals surface area contributed by atoms with Gasteiger partial charge in [0.15, 0.2) is 0 Å². The highest BCUT2D eigenvalue weighted by atomic mass is 19.1. The third-order valence-corrected chi connectivity index (χ3v) is 4.92. The number of rotatable bonds is 3. The van der Waals surface area contributed by atoms with E-state index in [4.69, 9.17) is 4.99 Å². The Morgan fingerprint density at radius 2 is 1.73 bits per heavy atom. The zero-order chi connectivity index (χ0) is 18.3. The van der Waals surface area contributed by atoms with Crippen molar-refractivity contribution in [2.45, 2.75) is 32.7 Å². The number of hydrogen-bond acceptors (Lipinski definition) is 2. The van der Waals surface area contributed by atoms with Gasteiger partial charge in [0, 0.05) is 11.4 Å². The second kappa shape index (κ2) is 6.41. The van der Waals surface area contributed by atoms with Crippen LogP contribution in [0.15, 0.2) is 58.3 Å². The topological polar surface area (TPSA) is 50.1 Å². The molecule has 26 heavy (non-hydrogen) atoms. The number of nitrogens with one attached hydrogen (secondary N) is 1.